The van der Waals surface area contributed by atoms with Crippen LogP contribution in [0.3, 0.4) is 0 Å². The zero-order valence-electron chi connectivity index (χ0n) is 13.3. The van der Waals surface area contributed by atoms with Crippen LogP contribution in [-0.4, -0.2) is 55.0 Å². The lowest BCUT2D eigenvalue weighted by atomic mass is 10.1. The Morgan fingerprint density at radius 3 is 2.33 bits per heavy atom. The van der Waals surface area contributed by atoms with Gasteiger partial charge in [0.2, 0.25) is 5.91 Å². The highest BCUT2D eigenvalue weighted by Crippen LogP contribution is 2.09. The lowest BCUT2D eigenvalue weighted by molar-refractivity contribution is -0.122. The minimum absolute atomic E-state index is 0.156. The van der Waals surface area contributed by atoms with Gasteiger partial charge in [0.15, 0.2) is 0 Å². The molecule has 0 unspecified atom stereocenters. The van der Waals surface area contributed by atoms with Crippen molar-refractivity contribution in [3.8, 4) is 0 Å². The van der Waals surface area contributed by atoms with Crippen LogP contribution < -0.4 is 5.32 Å². The van der Waals surface area contributed by atoms with Crippen molar-refractivity contribution in [1.82, 2.24) is 15.1 Å². The molecular weight excluding hydrogens is 262 g/mol. The molecule has 4 heteroatoms. The molecule has 116 valence electrons. The first-order valence-electron chi connectivity index (χ1n) is 7.94. The Hall–Kier alpha value is -1.39. The maximum atomic E-state index is 11.7. The fourth-order valence-electron chi connectivity index (χ4n) is 2.58. The van der Waals surface area contributed by atoms with Gasteiger partial charge in [0.1, 0.15) is 0 Å². The van der Waals surface area contributed by atoms with E-state index in [0.717, 1.165) is 45.7 Å². The summed E-state index contributed by atoms with van der Waals surface area (Å²) >= 11 is 0. The Morgan fingerprint density at radius 1 is 1.10 bits per heavy atom. The summed E-state index contributed by atoms with van der Waals surface area (Å²) in [6, 6.07) is 8.76. The molecule has 4 nitrogen and oxygen atoms in total. The minimum atomic E-state index is 0.156. The van der Waals surface area contributed by atoms with E-state index in [2.05, 4.69) is 53.2 Å². The maximum absolute atomic E-state index is 11.7. The van der Waals surface area contributed by atoms with Crippen molar-refractivity contribution in [2.75, 3.05) is 39.3 Å². The van der Waals surface area contributed by atoms with Gasteiger partial charge >= 0.3 is 0 Å². The third-order valence-electron chi connectivity index (χ3n) is 3.93. The van der Waals surface area contributed by atoms with Crippen molar-refractivity contribution in [3.63, 3.8) is 0 Å². The second-order valence-electron chi connectivity index (χ2n) is 5.89. The van der Waals surface area contributed by atoms with E-state index < -0.39 is 0 Å². The summed E-state index contributed by atoms with van der Waals surface area (Å²) in [4.78, 5) is 16.4. The van der Waals surface area contributed by atoms with E-state index in [4.69, 9.17) is 0 Å². The molecule has 1 aliphatic rings. The number of carbonyl (C=O) groups is 1. The molecule has 1 N–H and O–H groups in total. The first kappa shape index (κ1) is 16.0. The van der Waals surface area contributed by atoms with Gasteiger partial charge in [0, 0.05) is 39.3 Å². The van der Waals surface area contributed by atoms with Gasteiger partial charge in [-0.05, 0) is 18.9 Å². The minimum Gasteiger partial charge on any atom is -0.355 e. The third-order valence-corrected chi connectivity index (χ3v) is 3.93. The normalized spacial score (nSPS) is 16.9. The molecular formula is C17H27N3O. The maximum Gasteiger partial charge on any atom is 0.234 e. The largest absolute Gasteiger partial charge is 0.355 e. The van der Waals surface area contributed by atoms with Crippen molar-refractivity contribution < 1.29 is 4.79 Å². The van der Waals surface area contributed by atoms with Gasteiger partial charge in [-0.25, -0.2) is 0 Å². The molecule has 0 saturated carbocycles. The Labute approximate surface area is 128 Å². The fraction of sp³-hybridized carbons (Fsp3) is 0.588. The Balaban J connectivity index is 1.70. The van der Waals surface area contributed by atoms with Crippen LogP contribution in [0.4, 0.5) is 0 Å². The predicted molar refractivity (Wildman–Crippen MR) is 86.2 cm³/mol. The van der Waals surface area contributed by atoms with Crippen molar-refractivity contribution in [1.29, 1.82) is 0 Å². The van der Waals surface area contributed by atoms with E-state index in [0.29, 0.717) is 6.54 Å². The molecule has 2 rings (SSSR count). The van der Waals surface area contributed by atoms with Crippen LogP contribution >= 0.6 is 0 Å². The van der Waals surface area contributed by atoms with Crippen molar-refractivity contribution in [2.45, 2.75) is 26.8 Å². The molecule has 0 aromatic heterocycles. The van der Waals surface area contributed by atoms with Crippen molar-refractivity contribution in [2.24, 2.45) is 0 Å². The number of aryl methyl sites for hydroxylation is 1. The summed E-state index contributed by atoms with van der Waals surface area (Å²) in [6.45, 7) is 10.6. The van der Waals surface area contributed by atoms with E-state index in [1.165, 1.54) is 11.1 Å². The van der Waals surface area contributed by atoms with Crippen LogP contribution in [0.2, 0.25) is 0 Å². The molecule has 0 bridgehead atoms. The van der Waals surface area contributed by atoms with E-state index in [1.807, 2.05) is 0 Å². The standard InChI is InChI=1S/C17H27N3O/c1-3-8-18-17(21)14-20-11-9-19(10-12-20)13-16-6-4-15(2)5-7-16/h4-7H,3,8-14H2,1-2H3,(H,18,21). The molecule has 1 aromatic rings. The Morgan fingerprint density at radius 2 is 1.71 bits per heavy atom. The van der Waals surface area contributed by atoms with Crippen molar-refractivity contribution >= 4 is 5.91 Å². The third kappa shape index (κ3) is 5.48. The second kappa shape index (κ2) is 8.15. The number of piperazine rings is 1. The number of amides is 1. The van der Waals surface area contributed by atoms with Gasteiger partial charge in [-0.2, -0.15) is 0 Å². The molecule has 1 heterocycles. The topological polar surface area (TPSA) is 35.6 Å². The molecule has 0 aliphatic carbocycles. The van der Waals surface area contributed by atoms with Gasteiger partial charge in [-0.3, -0.25) is 14.6 Å². The Bertz CT molecular complexity index is 436. The SMILES string of the molecule is CCCNC(=O)CN1CCN(Cc2ccc(C)cc2)CC1. The number of hydrogen-bond acceptors (Lipinski definition) is 3. The first-order chi connectivity index (χ1) is 10.2. The monoisotopic (exact) mass is 289 g/mol. The Kier molecular flexibility index (Phi) is 6.21. The molecule has 1 aliphatic heterocycles. The zero-order chi connectivity index (χ0) is 15.1. The molecule has 0 radical (unpaired) electrons. The number of rotatable bonds is 6. The highest BCUT2D eigenvalue weighted by molar-refractivity contribution is 5.77. The second-order valence-corrected chi connectivity index (χ2v) is 5.89. The average molecular weight is 289 g/mol. The van der Waals surface area contributed by atoms with E-state index in [1.54, 1.807) is 0 Å². The number of hydrogen-bond donors (Lipinski definition) is 1. The van der Waals surface area contributed by atoms with Gasteiger partial charge in [-0.1, -0.05) is 36.8 Å². The van der Waals surface area contributed by atoms with E-state index in [-0.39, 0.29) is 5.91 Å². The van der Waals surface area contributed by atoms with Crippen LogP contribution in [0, 0.1) is 6.92 Å². The zero-order valence-corrected chi connectivity index (χ0v) is 13.3. The van der Waals surface area contributed by atoms with Crippen LogP contribution in [0.5, 0.6) is 0 Å². The molecule has 1 amide bonds. The number of carbonyl (C=O) groups excluding carboxylic acids is 1. The van der Waals surface area contributed by atoms with Crippen LogP contribution in [0.25, 0.3) is 0 Å². The van der Waals surface area contributed by atoms with Crippen molar-refractivity contribution in [3.05, 3.63) is 35.4 Å². The van der Waals surface area contributed by atoms with Gasteiger partial charge in [0.25, 0.3) is 0 Å². The summed E-state index contributed by atoms with van der Waals surface area (Å²) in [7, 11) is 0. The summed E-state index contributed by atoms with van der Waals surface area (Å²) in [5.41, 5.74) is 2.68. The van der Waals surface area contributed by atoms with E-state index in [9.17, 15) is 4.79 Å². The number of nitrogens with zero attached hydrogens (tertiary/aromatic N) is 2. The lowest BCUT2D eigenvalue weighted by Gasteiger charge is -2.34. The summed E-state index contributed by atoms with van der Waals surface area (Å²) in [5.74, 6) is 0.156. The highest BCUT2D eigenvalue weighted by atomic mass is 16.2. The molecule has 0 spiro atoms. The molecule has 1 saturated heterocycles. The molecule has 0 atom stereocenters. The molecule has 1 fully saturated rings. The lowest BCUT2D eigenvalue weighted by Crippen LogP contribution is -2.49. The van der Waals surface area contributed by atoms with Gasteiger partial charge < -0.3 is 5.32 Å². The smallest absolute Gasteiger partial charge is 0.234 e. The number of benzene rings is 1. The molecule has 1 aromatic carbocycles. The van der Waals surface area contributed by atoms with Gasteiger partial charge in [-0.15, -0.1) is 0 Å². The molecule has 21 heavy (non-hydrogen) atoms. The van der Waals surface area contributed by atoms with Gasteiger partial charge in [0.05, 0.1) is 6.54 Å². The van der Waals surface area contributed by atoms with Crippen LogP contribution in [-0.2, 0) is 11.3 Å². The summed E-state index contributed by atoms with van der Waals surface area (Å²) in [5, 5.41) is 2.94. The summed E-state index contributed by atoms with van der Waals surface area (Å²) < 4.78 is 0. The average Bonchev–Trinajstić information content (AvgIpc) is 2.49. The summed E-state index contributed by atoms with van der Waals surface area (Å²) in [6.07, 6.45) is 0.996. The highest BCUT2D eigenvalue weighted by Gasteiger charge is 2.18. The predicted octanol–water partition coefficient (Wildman–Crippen LogP) is 1.64. The first-order valence-corrected chi connectivity index (χ1v) is 7.94. The fourth-order valence-corrected chi connectivity index (χ4v) is 2.58. The number of nitrogens with one attached hydrogen (secondary N) is 1. The van der Waals surface area contributed by atoms with E-state index >= 15 is 0 Å². The van der Waals surface area contributed by atoms with Crippen LogP contribution in [0.15, 0.2) is 24.3 Å². The van der Waals surface area contributed by atoms with Crippen LogP contribution in [0.1, 0.15) is 24.5 Å². The quantitative estimate of drug-likeness (QED) is 0.865.